The van der Waals surface area contributed by atoms with Crippen molar-refractivity contribution in [1.82, 2.24) is 4.98 Å². The Balaban J connectivity index is 2.50. The number of rotatable bonds is 2. The Morgan fingerprint density at radius 3 is 2.69 bits per heavy atom. The van der Waals surface area contributed by atoms with Gasteiger partial charge in [0, 0.05) is 5.56 Å². The number of thiazole rings is 1. The number of aryl methyl sites for hydroxylation is 2. The van der Waals surface area contributed by atoms with E-state index in [1.54, 1.807) is 0 Å². The molecule has 1 N–H and O–H groups in total. The molecule has 0 aliphatic heterocycles. The van der Waals surface area contributed by atoms with Gasteiger partial charge in [0.1, 0.15) is 9.34 Å². The first-order chi connectivity index (χ1) is 7.61. The minimum atomic E-state index is -0.111. The predicted octanol–water partition coefficient (Wildman–Crippen LogP) is 3.57. The molecular weight excluding hydrogens is 242 g/mol. The molecule has 1 heterocycles. The summed E-state index contributed by atoms with van der Waals surface area (Å²) < 4.78 is 0.567. The Kier molecular flexibility index (Phi) is 3.28. The van der Waals surface area contributed by atoms with E-state index in [1.165, 1.54) is 22.5 Å². The number of benzene rings is 1. The van der Waals surface area contributed by atoms with Gasteiger partial charge >= 0.3 is 0 Å². The highest BCUT2D eigenvalue weighted by Gasteiger charge is 2.11. The summed E-state index contributed by atoms with van der Waals surface area (Å²) in [5, 5.41) is 9.92. The van der Waals surface area contributed by atoms with Crippen LogP contribution >= 0.6 is 22.9 Å². The summed E-state index contributed by atoms with van der Waals surface area (Å²) in [6.07, 6.45) is 0. The lowest BCUT2D eigenvalue weighted by Crippen LogP contribution is -1.86. The molecule has 2 rings (SSSR count). The molecule has 0 amide bonds. The van der Waals surface area contributed by atoms with E-state index in [4.69, 9.17) is 16.7 Å². The zero-order valence-electron chi connectivity index (χ0n) is 9.12. The Labute approximate surface area is 104 Å². The number of aliphatic hydroxyl groups excluding tert-OH is 1. The largest absolute Gasteiger partial charge is 0.390 e. The van der Waals surface area contributed by atoms with Crippen LogP contribution in [0.1, 0.15) is 16.8 Å². The molecule has 84 valence electrons. The maximum atomic E-state index is 9.05. The summed E-state index contributed by atoms with van der Waals surface area (Å²) in [5.41, 5.74) is 4.04. The summed E-state index contributed by atoms with van der Waals surface area (Å²) in [4.78, 5) is 4.33. The molecule has 2 aromatic rings. The Morgan fingerprint density at radius 2 is 2.12 bits per heavy atom. The van der Waals surface area contributed by atoms with Crippen LogP contribution in [-0.2, 0) is 6.61 Å². The molecule has 16 heavy (non-hydrogen) atoms. The summed E-state index contributed by atoms with van der Waals surface area (Å²) in [6.45, 7) is 4.00. The highest BCUT2D eigenvalue weighted by molar-refractivity contribution is 7.19. The molecule has 0 aliphatic carbocycles. The normalized spacial score (nSPS) is 10.8. The van der Waals surface area contributed by atoms with Gasteiger partial charge in [-0.05, 0) is 19.4 Å². The van der Waals surface area contributed by atoms with Crippen molar-refractivity contribution in [2.24, 2.45) is 0 Å². The first-order valence-electron chi connectivity index (χ1n) is 4.95. The highest BCUT2D eigenvalue weighted by atomic mass is 35.5. The molecule has 1 aromatic heterocycles. The molecule has 0 spiro atoms. The molecule has 0 aliphatic rings. The first-order valence-corrected chi connectivity index (χ1v) is 6.15. The van der Waals surface area contributed by atoms with Gasteiger partial charge in [-0.1, -0.05) is 35.4 Å². The van der Waals surface area contributed by atoms with Crippen LogP contribution in [0.25, 0.3) is 10.6 Å². The number of hydrogen-bond donors (Lipinski definition) is 1. The van der Waals surface area contributed by atoms with Crippen LogP contribution < -0.4 is 0 Å². The van der Waals surface area contributed by atoms with E-state index in [2.05, 4.69) is 31.0 Å². The summed E-state index contributed by atoms with van der Waals surface area (Å²) in [7, 11) is 0. The van der Waals surface area contributed by atoms with Gasteiger partial charge in [-0.3, -0.25) is 0 Å². The van der Waals surface area contributed by atoms with Crippen molar-refractivity contribution in [3.63, 3.8) is 0 Å². The fourth-order valence-corrected chi connectivity index (χ4v) is 2.81. The molecule has 0 unspecified atom stereocenters. The molecule has 4 heteroatoms. The van der Waals surface area contributed by atoms with E-state index >= 15 is 0 Å². The second kappa shape index (κ2) is 4.53. The molecule has 0 radical (unpaired) electrons. The predicted molar refractivity (Wildman–Crippen MR) is 68.0 cm³/mol. The van der Waals surface area contributed by atoms with Crippen LogP contribution in [0.5, 0.6) is 0 Å². The lowest BCUT2D eigenvalue weighted by Gasteiger charge is -2.02. The first kappa shape index (κ1) is 11.6. The zero-order valence-corrected chi connectivity index (χ0v) is 10.7. The van der Waals surface area contributed by atoms with Gasteiger partial charge in [-0.15, -0.1) is 11.3 Å². The maximum absolute atomic E-state index is 9.05. The SMILES string of the molecule is Cc1ccc(-c2nc(CO)c(Cl)s2)c(C)c1. The average molecular weight is 254 g/mol. The topological polar surface area (TPSA) is 33.1 Å². The molecule has 2 nitrogen and oxygen atoms in total. The fourth-order valence-electron chi connectivity index (χ4n) is 1.60. The van der Waals surface area contributed by atoms with E-state index in [-0.39, 0.29) is 6.61 Å². The second-order valence-electron chi connectivity index (χ2n) is 3.72. The van der Waals surface area contributed by atoms with Gasteiger partial charge in [-0.2, -0.15) is 0 Å². The Morgan fingerprint density at radius 1 is 1.38 bits per heavy atom. The lowest BCUT2D eigenvalue weighted by atomic mass is 10.1. The monoisotopic (exact) mass is 253 g/mol. The van der Waals surface area contributed by atoms with Gasteiger partial charge < -0.3 is 5.11 Å². The van der Waals surface area contributed by atoms with Gasteiger partial charge in [0.25, 0.3) is 0 Å². The van der Waals surface area contributed by atoms with Crippen LogP contribution in [-0.4, -0.2) is 10.1 Å². The lowest BCUT2D eigenvalue weighted by molar-refractivity contribution is 0.278. The van der Waals surface area contributed by atoms with Crippen LogP contribution in [0.3, 0.4) is 0 Å². The number of aromatic nitrogens is 1. The molecule has 0 saturated carbocycles. The smallest absolute Gasteiger partial charge is 0.125 e. The summed E-state index contributed by atoms with van der Waals surface area (Å²) >= 11 is 7.38. The van der Waals surface area contributed by atoms with Crippen LogP contribution in [0.4, 0.5) is 0 Å². The van der Waals surface area contributed by atoms with Crippen molar-refractivity contribution in [2.45, 2.75) is 20.5 Å². The van der Waals surface area contributed by atoms with Gasteiger partial charge in [0.05, 0.1) is 12.3 Å². The van der Waals surface area contributed by atoms with E-state index in [0.29, 0.717) is 10.0 Å². The molecule has 0 atom stereocenters. The van der Waals surface area contributed by atoms with E-state index in [0.717, 1.165) is 10.6 Å². The quantitative estimate of drug-likeness (QED) is 0.888. The summed E-state index contributed by atoms with van der Waals surface area (Å²) in [5.74, 6) is 0. The minimum absolute atomic E-state index is 0.111. The van der Waals surface area contributed by atoms with Crippen LogP contribution in [0, 0.1) is 13.8 Å². The van der Waals surface area contributed by atoms with Crippen LogP contribution in [0.2, 0.25) is 4.34 Å². The van der Waals surface area contributed by atoms with Crippen molar-refractivity contribution in [2.75, 3.05) is 0 Å². The second-order valence-corrected chi connectivity index (χ2v) is 5.32. The van der Waals surface area contributed by atoms with Crippen molar-refractivity contribution in [1.29, 1.82) is 0 Å². The van der Waals surface area contributed by atoms with E-state index in [9.17, 15) is 0 Å². The van der Waals surface area contributed by atoms with Gasteiger partial charge in [0.15, 0.2) is 0 Å². The minimum Gasteiger partial charge on any atom is -0.390 e. The van der Waals surface area contributed by atoms with Crippen molar-refractivity contribution in [3.8, 4) is 10.6 Å². The number of aliphatic hydroxyl groups is 1. The van der Waals surface area contributed by atoms with E-state index < -0.39 is 0 Å². The zero-order chi connectivity index (χ0) is 11.7. The standard InChI is InChI=1S/C12H12ClNOS/c1-7-3-4-9(8(2)5-7)12-14-10(6-15)11(13)16-12/h3-5,15H,6H2,1-2H3. The number of halogens is 1. The molecular formula is C12H12ClNOS. The average Bonchev–Trinajstić information content (AvgIpc) is 2.59. The number of nitrogens with zero attached hydrogens (tertiary/aromatic N) is 1. The third-order valence-corrected chi connectivity index (χ3v) is 3.78. The summed E-state index contributed by atoms with van der Waals surface area (Å²) in [6, 6.07) is 6.21. The third-order valence-electron chi connectivity index (χ3n) is 2.41. The fraction of sp³-hybridized carbons (Fsp3) is 0.250. The van der Waals surface area contributed by atoms with Crippen molar-refractivity contribution < 1.29 is 5.11 Å². The molecule has 0 fully saturated rings. The van der Waals surface area contributed by atoms with Gasteiger partial charge in [0.2, 0.25) is 0 Å². The molecule has 0 saturated heterocycles. The third kappa shape index (κ3) is 2.12. The van der Waals surface area contributed by atoms with Crippen LogP contribution in [0.15, 0.2) is 18.2 Å². The van der Waals surface area contributed by atoms with Gasteiger partial charge in [-0.25, -0.2) is 4.98 Å². The maximum Gasteiger partial charge on any atom is 0.125 e. The van der Waals surface area contributed by atoms with Crippen molar-refractivity contribution >= 4 is 22.9 Å². The Hall–Kier alpha value is -0.900. The molecule has 1 aromatic carbocycles. The van der Waals surface area contributed by atoms with Crippen molar-refractivity contribution in [3.05, 3.63) is 39.4 Å². The Bertz CT molecular complexity index is 522. The molecule has 0 bridgehead atoms. The number of hydrogen-bond acceptors (Lipinski definition) is 3. The highest BCUT2D eigenvalue weighted by Crippen LogP contribution is 2.33. The van der Waals surface area contributed by atoms with E-state index in [1.807, 2.05) is 6.07 Å².